The van der Waals surface area contributed by atoms with Crippen LogP contribution in [0.4, 0.5) is 20.4 Å². The number of imidazole rings is 1. The van der Waals surface area contributed by atoms with E-state index in [1.54, 1.807) is 12.4 Å². The van der Waals surface area contributed by atoms with Crippen molar-refractivity contribution < 1.29 is 21.9 Å². The van der Waals surface area contributed by atoms with Gasteiger partial charge in [0.2, 0.25) is 5.95 Å². The Bertz CT molecular complexity index is 1460. The Morgan fingerprint density at radius 2 is 2.00 bits per heavy atom. The van der Waals surface area contributed by atoms with Gasteiger partial charge in [0, 0.05) is 25.6 Å². The Hall–Kier alpha value is -3.48. The van der Waals surface area contributed by atoms with Crippen LogP contribution in [0.3, 0.4) is 0 Å². The quantitative estimate of drug-likeness (QED) is 0.286. The molecule has 0 radical (unpaired) electrons. The van der Waals surface area contributed by atoms with Gasteiger partial charge in [-0.05, 0) is 66.2 Å². The maximum atomic E-state index is 14.4. The molecule has 2 heterocycles. The van der Waals surface area contributed by atoms with E-state index in [9.17, 15) is 17.2 Å². The van der Waals surface area contributed by atoms with E-state index in [1.165, 1.54) is 31.7 Å². The van der Waals surface area contributed by atoms with Crippen molar-refractivity contribution in [3.05, 3.63) is 76.9 Å². The molecule has 0 bridgehead atoms. The largest absolute Gasteiger partial charge is 0.380 e. The van der Waals surface area contributed by atoms with Crippen molar-refractivity contribution in [3.8, 4) is 0 Å². The first-order valence-corrected chi connectivity index (χ1v) is 14.4. The Balaban J connectivity index is 1.48. The van der Waals surface area contributed by atoms with Crippen molar-refractivity contribution in [1.82, 2.24) is 15.0 Å². The molecule has 1 aliphatic carbocycles. The lowest BCUT2D eigenvalue weighted by Crippen LogP contribution is -2.48. The number of ether oxygens (including phenoxy) is 1. The number of H-pyrrole nitrogens is 1. The molecule has 0 amide bonds. The second-order valence-corrected chi connectivity index (χ2v) is 12.2. The normalized spacial score (nSPS) is 21.8. The number of nitrogens with two attached hydrogens (primary N) is 1. The summed E-state index contributed by atoms with van der Waals surface area (Å²) in [6, 6.07) is 3.71. The van der Waals surface area contributed by atoms with Crippen LogP contribution in [0.25, 0.3) is 6.08 Å². The molecule has 0 unspecified atom stereocenters. The van der Waals surface area contributed by atoms with Crippen LogP contribution in [0.2, 0.25) is 0 Å². The number of aromatic nitrogens is 3. The van der Waals surface area contributed by atoms with Gasteiger partial charge in [0.15, 0.2) is 9.84 Å². The van der Waals surface area contributed by atoms with Crippen LogP contribution in [0, 0.1) is 23.0 Å². The second kappa shape index (κ2) is 11.7. The third kappa shape index (κ3) is 6.57. The van der Waals surface area contributed by atoms with E-state index in [4.69, 9.17) is 15.9 Å². The van der Waals surface area contributed by atoms with Crippen molar-refractivity contribution in [2.45, 2.75) is 43.6 Å². The van der Waals surface area contributed by atoms with Crippen molar-refractivity contribution in [2.75, 3.05) is 18.7 Å². The minimum atomic E-state index is -3.26. The highest BCUT2D eigenvalue weighted by Gasteiger charge is 2.40. The van der Waals surface area contributed by atoms with Crippen LogP contribution in [0.1, 0.15) is 48.1 Å². The van der Waals surface area contributed by atoms with Crippen LogP contribution in [-0.2, 0) is 21.2 Å². The first-order chi connectivity index (χ1) is 18.5. The fraction of sp³-hybridized carbons (Fsp3) is 0.370. The number of nitrogens with zero attached hydrogens (tertiary/aromatic N) is 2. The summed E-state index contributed by atoms with van der Waals surface area (Å²) in [6.07, 6.45) is 10.1. The summed E-state index contributed by atoms with van der Waals surface area (Å²) in [7, 11) is -1.83. The Morgan fingerprint density at radius 3 is 2.64 bits per heavy atom. The molecule has 9 nitrogen and oxygen atoms in total. The second-order valence-electron chi connectivity index (χ2n) is 9.99. The Labute approximate surface area is 226 Å². The molecule has 1 saturated carbocycles. The van der Waals surface area contributed by atoms with Gasteiger partial charge < -0.3 is 26.2 Å². The van der Waals surface area contributed by atoms with E-state index in [-0.39, 0.29) is 24.2 Å². The van der Waals surface area contributed by atoms with E-state index in [2.05, 4.69) is 20.3 Å². The van der Waals surface area contributed by atoms with Crippen LogP contribution in [0.5, 0.6) is 0 Å². The summed E-state index contributed by atoms with van der Waals surface area (Å²) in [6.45, 7) is 1.98. The molecular weight excluding hydrogens is 526 g/mol. The number of aromatic amines is 1. The maximum Gasteiger partial charge on any atom is 0.205 e. The fourth-order valence-electron chi connectivity index (χ4n) is 5.42. The molecule has 4 rings (SSSR count). The molecule has 39 heavy (non-hydrogen) atoms. The van der Waals surface area contributed by atoms with Gasteiger partial charge in [-0.3, -0.25) is 4.98 Å². The zero-order chi connectivity index (χ0) is 28.3. The molecule has 1 fully saturated rings. The van der Waals surface area contributed by atoms with Gasteiger partial charge in [0.1, 0.15) is 11.6 Å². The highest BCUT2D eigenvalue weighted by molar-refractivity contribution is 7.91. The van der Waals surface area contributed by atoms with Crippen molar-refractivity contribution in [2.24, 2.45) is 11.7 Å². The van der Waals surface area contributed by atoms with Gasteiger partial charge in [-0.2, -0.15) is 0 Å². The molecule has 1 aromatic carbocycles. The van der Waals surface area contributed by atoms with Crippen molar-refractivity contribution in [1.29, 1.82) is 5.41 Å². The van der Waals surface area contributed by atoms with E-state index in [0.717, 1.165) is 17.7 Å². The summed E-state index contributed by atoms with van der Waals surface area (Å²) in [5.41, 5.74) is 8.07. The third-order valence-electron chi connectivity index (χ3n) is 6.95. The van der Waals surface area contributed by atoms with Gasteiger partial charge in [-0.1, -0.05) is 6.92 Å². The predicted octanol–water partition coefficient (Wildman–Crippen LogP) is 4.31. The molecule has 5 N–H and O–H groups in total. The van der Waals surface area contributed by atoms with E-state index in [1.807, 2.05) is 13.0 Å². The number of benzene rings is 1. The number of hydrogen-bond donors (Lipinski definition) is 4. The molecule has 0 saturated heterocycles. The molecule has 3 aromatic rings. The number of pyridine rings is 1. The molecule has 1 aliphatic rings. The van der Waals surface area contributed by atoms with Crippen LogP contribution < -0.4 is 11.1 Å². The molecule has 0 aliphatic heterocycles. The topological polar surface area (TPSA) is 147 Å². The Morgan fingerprint density at radius 1 is 1.28 bits per heavy atom. The first kappa shape index (κ1) is 28.5. The third-order valence-corrected chi connectivity index (χ3v) is 8.75. The van der Waals surface area contributed by atoms with E-state index < -0.39 is 38.3 Å². The van der Waals surface area contributed by atoms with Gasteiger partial charge in [0.25, 0.3) is 0 Å². The molecule has 2 aromatic heterocycles. The van der Waals surface area contributed by atoms with Gasteiger partial charge in [-0.25, -0.2) is 22.2 Å². The number of rotatable bonds is 9. The number of allylic oxidation sites excluding steroid dienone is 1. The predicted molar refractivity (Wildman–Crippen MR) is 147 cm³/mol. The van der Waals surface area contributed by atoms with Crippen molar-refractivity contribution in [3.63, 3.8) is 0 Å². The van der Waals surface area contributed by atoms with Crippen LogP contribution in [0.15, 0.2) is 42.9 Å². The summed E-state index contributed by atoms with van der Waals surface area (Å²) in [5.74, 6) is -1.34. The number of hydrogen-bond acceptors (Lipinski definition) is 8. The number of sulfone groups is 1. The van der Waals surface area contributed by atoms with Crippen LogP contribution >= 0.6 is 0 Å². The lowest BCUT2D eigenvalue weighted by molar-refractivity contribution is 0.184. The smallest absolute Gasteiger partial charge is 0.205 e. The van der Waals surface area contributed by atoms with E-state index >= 15 is 0 Å². The fourth-order valence-corrected chi connectivity index (χ4v) is 7.12. The first-order valence-electron chi connectivity index (χ1n) is 12.4. The van der Waals surface area contributed by atoms with Gasteiger partial charge >= 0.3 is 0 Å². The number of anilines is 2. The molecule has 0 spiro atoms. The van der Waals surface area contributed by atoms with Crippen LogP contribution in [-0.4, -0.2) is 53.7 Å². The Kier molecular flexibility index (Phi) is 8.57. The zero-order valence-corrected chi connectivity index (χ0v) is 22.7. The van der Waals surface area contributed by atoms with Gasteiger partial charge in [-0.15, -0.1) is 0 Å². The zero-order valence-electron chi connectivity index (χ0n) is 21.9. The summed E-state index contributed by atoms with van der Waals surface area (Å²) >= 11 is 0. The number of nitrogens with one attached hydrogen (secondary N) is 3. The number of methoxy groups -OCH3 is 1. The average molecular weight is 559 g/mol. The monoisotopic (exact) mass is 558 g/mol. The highest BCUT2D eigenvalue weighted by Crippen LogP contribution is 2.41. The summed E-state index contributed by atoms with van der Waals surface area (Å²) in [4.78, 5) is 11.6. The summed E-state index contributed by atoms with van der Waals surface area (Å²) in [5, 5.41) is 10.8. The molecule has 208 valence electrons. The highest BCUT2D eigenvalue weighted by atomic mass is 32.2. The van der Waals surface area contributed by atoms with Gasteiger partial charge in [0.05, 0.1) is 46.9 Å². The summed E-state index contributed by atoms with van der Waals surface area (Å²) < 4.78 is 58.2. The molecule has 4 atom stereocenters. The number of halogens is 2. The van der Waals surface area contributed by atoms with E-state index in [0.29, 0.717) is 35.7 Å². The minimum absolute atomic E-state index is 0.0355. The van der Waals surface area contributed by atoms with Crippen molar-refractivity contribution >= 4 is 33.3 Å². The lowest BCUT2D eigenvalue weighted by Gasteiger charge is -2.38. The SMILES string of the molecule is COCc1cc(F)c(C(=N)/C=C\c2cnc(Nc3cnccc3[C@H]3C[C@@H](N)[C@H](S(C)(=O)=O)[C@@H](C)C3)[nH]2)c(F)c1. The average Bonchev–Trinajstić information content (AvgIpc) is 3.29. The standard InChI is InChI=1S/C27H32F2N6O3S/c1-15-8-17(11-23(31)26(15)39(3,36)37)19-6-7-32-13-24(19)35-27-33-12-18(34-27)4-5-22(30)25-20(28)9-16(14-38-2)10-21(25)29/h4-7,9-10,12-13,15,17,23,26,30H,8,11,14,31H2,1-3H3,(H2,33,34,35)/b5-4-,30-22?/t15-,17+,23+,26+/m0/s1. The molecule has 12 heteroatoms. The lowest BCUT2D eigenvalue weighted by atomic mass is 9.76. The minimum Gasteiger partial charge on any atom is -0.380 e. The maximum absolute atomic E-state index is 14.4. The molecular formula is C27H32F2N6O3S.